The molecular formula is C30H20ClFN6O6S. The maximum Gasteiger partial charge on any atom is 0.334 e. The molecule has 226 valence electrons. The van der Waals surface area contributed by atoms with Crippen LogP contribution >= 0.6 is 11.6 Å². The fraction of sp³-hybridized carbons (Fsp3) is 0.0667. The van der Waals surface area contributed by atoms with E-state index in [-0.39, 0.29) is 44.9 Å². The van der Waals surface area contributed by atoms with Gasteiger partial charge in [-0.1, -0.05) is 54.1 Å². The molecule has 0 aliphatic heterocycles. The quantitative estimate of drug-likeness (QED) is 0.0481. The molecular weight excluding hydrogens is 627 g/mol. The number of phenols is 1. The monoisotopic (exact) mass is 646 g/mol. The zero-order valence-corrected chi connectivity index (χ0v) is 24.6. The molecule has 1 aliphatic carbocycles. The first-order valence-electron chi connectivity index (χ1n) is 12.9. The van der Waals surface area contributed by atoms with Gasteiger partial charge in [-0.3, -0.25) is 10.1 Å². The van der Waals surface area contributed by atoms with Gasteiger partial charge in [0, 0.05) is 17.5 Å². The van der Waals surface area contributed by atoms with Crippen LogP contribution in [0.3, 0.4) is 0 Å². The molecule has 4 aromatic carbocycles. The Labute approximate surface area is 260 Å². The number of hydrogen-bond acceptors (Lipinski definition) is 11. The second-order valence-electron chi connectivity index (χ2n) is 9.60. The van der Waals surface area contributed by atoms with Gasteiger partial charge in [0.2, 0.25) is 0 Å². The molecule has 0 fully saturated rings. The third-order valence-corrected chi connectivity index (χ3v) is 7.81. The molecule has 5 rings (SSSR count). The summed E-state index contributed by atoms with van der Waals surface area (Å²) in [5, 5.41) is 42.3. The number of allylic oxidation sites excluding steroid dienone is 2. The SMILES string of the molecule is Cc1cc(N=Nc2ccc([N+](=O)[O-])cc2Cl)c(S(=O)(=O)F)cc1N=Nc1c(O)c(NC2C=CC=CC2=C=O)cc2ccccc12. The van der Waals surface area contributed by atoms with Crippen molar-refractivity contribution in [2.24, 2.45) is 20.5 Å². The van der Waals surface area contributed by atoms with Gasteiger partial charge in [-0.05, 0) is 48.2 Å². The van der Waals surface area contributed by atoms with Crippen molar-refractivity contribution >= 4 is 72.7 Å². The van der Waals surface area contributed by atoms with Gasteiger partial charge in [-0.15, -0.1) is 19.2 Å². The number of azo groups is 2. The number of non-ortho nitro benzene ring substituents is 1. The molecule has 45 heavy (non-hydrogen) atoms. The van der Waals surface area contributed by atoms with E-state index in [4.69, 9.17) is 11.6 Å². The van der Waals surface area contributed by atoms with Crippen LogP contribution in [0.4, 0.5) is 38.0 Å². The topological polar surface area (TPSA) is 176 Å². The van der Waals surface area contributed by atoms with E-state index in [1.807, 2.05) is 5.94 Å². The maximum absolute atomic E-state index is 14.4. The molecule has 0 amide bonds. The van der Waals surface area contributed by atoms with E-state index in [0.717, 1.165) is 18.2 Å². The Morgan fingerprint density at radius 2 is 1.73 bits per heavy atom. The van der Waals surface area contributed by atoms with Crippen molar-refractivity contribution in [3.63, 3.8) is 0 Å². The van der Waals surface area contributed by atoms with E-state index >= 15 is 0 Å². The number of benzene rings is 4. The van der Waals surface area contributed by atoms with Crippen molar-refractivity contribution in [3.05, 3.63) is 111 Å². The van der Waals surface area contributed by atoms with Gasteiger partial charge in [0.1, 0.15) is 27.9 Å². The van der Waals surface area contributed by atoms with Crippen molar-refractivity contribution in [2.75, 3.05) is 5.32 Å². The van der Waals surface area contributed by atoms with Gasteiger partial charge in [-0.2, -0.15) is 13.5 Å². The lowest BCUT2D eigenvalue weighted by molar-refractivity contribution is -0.384. The van der Waals surface area contributed by atoms with Crippen molar-refractivity contribution < 1.29 is 27.1 Å². The summed E-state index contributed by atoms with van der Waals surface area (Å²) in [6, 6.07) is 13.6. The molecule has 0 saturated carbocycles. The Hall–Kier alpha value is -5.56. The molecule has 1 unspecified atom stereocenters. The van der Waals surface area contributed by atoms with Crippen molar-refractivity contribution in [2.45, 2.75) is 17.9 Å². The van der Waals surface area contributed by atoms with E-state index in [1.54, 1.807) is 61.6 Å². The highest BCUT2D eigenvalue weighted by Crippen LogP contribution is 2.44. The molecule has 4 aromatic rings. The Morgan fingerprint density at radius 1 is 1.00 bits per heavy atom. The second kappa shape index (κ2) is 12.6. The van der Waals surface area contributed by atoms with Crippen LogP contribution in [0.1, 0.15) is 5.56 Å². The van der Waals surface area contributed by atoms with E-state index in [0.29, 0.717) is 21.9 Å². The van der Waals surface area contributed by atoms with Gasteiger partial charge in [-0.25, -0.2) is 4.79 Å². The number of aryl methyl sites for hydroxylation is 1. The minimum Gasteiger partial charge on any atom is -0.504 e. The van der Waals surface area contributed by atoms with Crippen molar-refractivity contribution in [1.29, 1.82) is 0 Å². The minimum atomic E-state index is -5.34. The summed E-state index contributed by atoms with van der Waals surface area (Å²) < 4.78 is 38.6. The smallest absolute Gasteiger partial charge is 0.334 e. The van der Waals surface area contributed by atoms with Gasteiger partial charge in [0.15, 0.2) is 5.75 Å². The summed E-state index contributed by atoms with van der Waals surface area (Å²) in [4.78, 5) is 20.8. The third-order valence-electron chi connectivity index (χ3n) is 6.66. The highest BCUT2D eigenvalue weighted by molar-refractivity contribution is 7.86. The molecule has 0 saturated heterocycles. The minimum absolute atomic E-state index is 0.0165. The molecule has 1 aliphatic rings. The standard InChI is InChI=1S/C30H20ClFN6O6S/c1-17-12-26(36-34-24-11-10-20(38(41)42)14-22(24)31)28(45(32,43)44)15-25(17)35-37-29-21-8-4-2-6-18(21)13-27(30(29)40)33-23-9-5-3-7-19(23)16-39/h2-15,23,33,40H,1H3. The number of fused-ring (bicyclic) bond motifs is 1. The molecule has 0 bridgehead atoms. The number of anilines is 1. The van der Waals surface area contributed by atoms with Crippen LogP contribution in [-0.2, 0) is 15.0 Å². The van der Waals surface area contributed by atoms with Crippen molar-refractivity contribution in [3.8, 4) is 5.75 Å². The first-order valence-corrected chi connectivity index (χ1v) is 14.7. The maximum atomic E-state index is 14.4. The number of nitro benzene ring substituents is 1. The lowest BCUT2D eigenvalue weighted by Crippen LogP contribution is -2.20. The van der Waals surface area contributed by atoms with Gasteiger partial charge >= 0.3 is 10.2 Å². The molecule has 2 N–H and O–H groups in total. The second-order valence-corrected chi connectivity index (χ2v) is 11.3. The van der Waals surface area contributed by atoms with Crippen LogP contribution in [0.2, 0.25) is 5.02 Å². The summed E-state index contributed by atoms with van der Waals surface area (Å²) in [6.07, 6.45) is 6.73. The van der Waals surface area contributed by atoms with Crippen LogP contribution in [0, 0.1) is 17.0 Å². The summed E-state index contributed by atoms with van der Waals surface area (Å²) in [6.45, 7) is 1.55. The molecule has 0 aromatic heterocycles. The average molecular weight is 647 g/mol. The van der Waals surface area contributed by atoms with E-state index < -0.39 is 26.1 Å². The number of nitro groups is 1. The number of aromatic hydroxyl groups is 1. The zero-order valence-electron chi connectivity index (χ0n) is 23.0. The number of nitrogens with one attached hydrogen (secondary N) is 1. The Bertz CT molecular complexity index is 2160. The summed E-state index contributed by atoms with van der Waals surface area (Å²) in [5.74, 6) is 1.57. The summed E-state index contributed by atoms with van der Waals surface area (Å²) in [5.41, 5.74) is 0.181. The highest BCUT2D eigenvalue weighted by Gasteiger charge is 2.22. The van der Waals surface area contributed by atoms with Crippen LogP contribution in [0.15, 0.2) is 116 Å². The van der Waals surface area contributed by atoms with Gasteiger partial charge in [0.05, 0.1) is 32.9 Å². The third kappa shape index (κ3) is 6.68. The van der Waals surface area contributed by atoms with E-state index in [2.05, 4.69) is 25.8 Å². The Balaban J connectivity index is 1.55. The predicted molar refractivity (Wildman–Crippen MR) is 166 cm³/mol. The summed E-state index contributed by atoms with van der Waals surface area (Å²) >= 11 is 6.03. The predicted octanol–water partition coefficient (Wildman–Crippen LogP) is 8.57. The molecule has 12 nitrogen and oxygen atoms in total. The molecule has 1 atom stereocenters. The first-order chi connectivity index (χ1) is 21.5. The van der Waals surface area contributed by atoms with E-state index in [9.17, 15) is 32.3 Å². The first kappa shape index (κ1) is 30.9. The number of hydrogen-bond donors (Lipinski definition) is 2. The highest BCUT2D eigenvalue weighted by atomic mass is 35.5. The van der Waals surface area contributed by atoms with Gasteiger partial charge in [0.25, 0.3) is 5.69 Å². The van der Waals surface area contributed by atoms with Crippen LogP contribution < -0.4 is 5.32 Å². The molecule has 15 heteroatoms. The van der Waals surface area contributed by atoms with Gasteiger partial charge < -0.3 is 10.4 Å². The van der Waals surface area contributed by atoms with Crippen LogP contribution in [0.5, 0.6) is 5.75 Å². The number of phenolic OH excluding ortho intramolecular Hbond substituents is 1. The Morgan fingerprint density at radius 3 is 2.44 bits per heavy atom. The number of rotatable bonds is 8. The average Bonchev–Trinajstić information content (AvgIpc) is 3.00. The zero-order chi connectivity index (χ0) is 32.3. The number of halogens is 2. The number of nitrogens with zero attached hydrogens (tertiary/aromatic N) is 5. The molecule has 0 heterocycles. The largest absolute Gasteiger partial charge is 0.504 e. The van der Waals surface area contributed by atoms with Crippen LogP contribution in [-0.4, -0.2) is 30.4 Å². The summed E-state index contributed by atoms with van der Waals surface area (Å²) in [7, 11) is -5.34. The van der Waals surface area contributed by atoms with Crippen LogP contribution in [0.25, 0.3) is 10.8 Å². The number of carbonyl (C=O) groups excluding carboxylic acids is 1. The normalized spacial score (nSPS) is 14.8. The lowest BCUT2D eigenvalue weighted by atomic mass is 10.0. The fourth-order valence-corrected chi connectivity index (χ4v) is 5.22. The van der Waals surface area contributed by atoms with E-state index in [1.165, 1.54) is 12.1 Å². The molecule has 0 spiro atoms. The lowest BCUT2D eigenvalue weighted by Gasteiger charge is -2.19. The fourth-order valence-electron chi connectivity index (χ4n) is 4.41. The molecule has 0 radical (unpaired) electrons. The Kier molecular flexibility index (Phi) is 8.64. The van der Waals surface area contributed by atoms with Crippen molar-refractivity contribution in [1.82, 2.24) is 0 Å².